The molecule has 1 saturated heterocycles. The van der Waals surface area contributed by atoms with Gasteiger partial charge in [0.15, 0.2) is 0 Å². The van der Waals surface area contributed by atoms with Crippen molar-refractivity contribution in [3.05, 3.63) is 71.8 Å². The molecule has 1 atom stereocenters. The first kappa shape index (κ1) is 23.8. The highest BCUT2D eigenvalue weighted by Crippen LogP contribution is 2.07. The van der Waals surface area contributed by atoms with Crippen LogP contribution in [0.25, 0.3) is 0 Å². The van der Waals surface area contributed by atoms with Gasteiger partial charge in [0.1, 0.15) is 6.04 Å². The predicted octanol–water partition coefficient (Wildman–Crippen LogP) is 2.28. The Morgan fingerprint density at radius 2 is 1.62 bits per heavy atom. The number of carbonyl (C=O) groups excluding carboxylic acids is 2. The average molecular weight is 439 g/mol. The first-order valence-corrected chi connectivity index (χ1v) is 11.3. The van der Waals surface area contributed by atoms with E-state index in [1.165, 1.54) is 0 Å². The minimum Gasteiger partial charge on any atom is -0.379 e. The Bertz CT molecular complexity index is 826. The number of ether oxygens (including phenoxy) is 1. The van der Waals surface area contributed by atoms with Crippen LogP contribution in [0.3, 0.4) is 0 Å². The molecule has 7 nitrogen and oxygen atoms in total. The lowest BCUT2D eigenvalue weighted by molar-refractivity contribution is -0.123. The van der Waals surface area contributed by atoms with E-state index in [1.807, 2.05) is 60.7 Å². The number of nitrogens with zero attached hydrogens (tertiary/aromatic N) is 2. The molecule has 0 unspecified atom stereocenters. The number of benzene rings is 2. The Labute approximate surface area is 190 Å². The first-order valence-electron chi connectivity index (χ1n) is 11.3. The molecule has 1 fully saturated rings. The third-order valence-corrected chi connectivity index (χ3v) is 5.56. The van der Waals surface area contributed by atoms with E-state index in [4.69, 9.17) is 4.74 Å². The fourth-order valence-corrected chi connectivity index (χ4v) is 3.71. The van der Waals surface area contributed by atoms with Crippen molar-refractivity contribution in [3.8, 4) is 0 Å². The molecule has 3 rings (SSSR count). The fourth-order valence-electron chi connectivity index (χ4n) is 3.71. The van der Waals surface area contributed by atoms with E-state index in [-0.39, 0.29) is 11.9 Å². The fraction of sp³-hybridized carbons (Fsp3) is 0.440. The highest BCUT2D eigenvalue weighted by atomic mass is 16.5. The van der Waals surface area contributed by atoms with Crippen molar-refractivity contribution in [2.45, 2.75) is 25.4 Å². The molecule has 0 aromatic heterocycles. The van der Waals surface area contributed by atoms with Gasteiger partial charge in [-0.3, -0.25) is 9.69 Å². The van der Waals surface area contributed by atoms with Gasteiger partial charge in [0.2, 0.25) is 5.91 Å². The number of morpholine rings is 1. The van der Waals surface area contributed by atoms with Gasteiger partial charge in [0.05, 0.1) is 13.2 Å². The number of amides is 3. The number of urea groups is 1. The Hall–Kier alpha value is -2.90. The Balaban J connectivity index is 1.53. The van der Waals surface area contributed by atoms with Crippen LogP contribution in [0.2, 0.25) is 0 Å². The van der Waals surface area contributed by atoms with Crippen LogP contribution in [-0.2, 0) is 22.5 Å². The van der Waals surface area contributed by atoms with Gasteiger partial charge in [-0.1, -0.05) is 60.7 Å². The molecule has 0 bridgehead atoms. The molecular weight excluding hydrogens is 404 g/mol. The highest BCUT2D eigenvalue weighted by molar-refractivity contribution is 5.87. The van der Waals surface area contributed by atoms with Crippen molar-refractivity contribution in [1.29, 1.82) is 0 Å². The third kappa shape index (κ3) is 7.98. The zero-order valence-corrected chi connectivity index (χ0v) is 18.8. The smallest absolute Gasteiger partial charge is 0.318 e. The molecule has 1 heterocycles. The molecule has 0 saturated carbocycles. The molecule has 0 aliphatic carbocycles. The second-order valence-electron chi connectivity index (χ2n) is 8.13. The zero-order valence-electron chi connectivity index (χ0n) is 18.8. The predicted molar refractivity (Wildman–Crippen MR) is 125 cm³/mol. The van der Waals surface area contributed by atoms with E-state index in [1.54, 1.807) is 11.9 Å². The van der Waals surface area contributed by atoms with Crippen LogP contribution in [0.1, 0.15) is 17.5 Å². The van der Waals surface area contributed by atoms with E-state index in [2.05, 4.69) is 15.5 Å². The van der Waals surface area contributed by atoms with E-state index < -0.39 is 6.04 Å². The number of hydrogen-bond donors (Lipinski definition) is 2. The van der Waals surface area contributed by atoms with Crippen molar-refractivity contribution in [1.82, 2.24) is 20.4 Å². The Morgan fingerprint density at radius 1 is 1.00 bits per heavy atom. The molecule has 172 valence electrons. The lowest BCUT2D eigenvalue weighted by Gasteiger charge is -2.26. The molecule has 2 aromatic rings. The minimum atomic E-state index is -0.633. The summed E-state index contributed by atoms with van der Waals surface area (Å²) in [6.45, 7) is 5.41. The summed E-state index contributed by atoms with van der Waals surface area (Å²) in [5.41, 5.74) is 2.05. The van der Waals surface area contributed by atoms with Crippen LogP contribution in [0, 0.1) is 0 Å². The molecule has 2 N–H and O–H groups in total. The largest absolute Gasteiger partial charge is 0.379 e. The van der Waals surface area contributed by atoms with E-state index in [0.29, 0.717) is 19.5 Å². The van der Waals surface area contributed by atoms with Gasteiger partial charge in [-0.25, -0.2) is 4.79 Å². The van der Waals surface area contributed by atoms with Crippen LogP contribution in [0.15, 0.2) is 60.7 Å². The average Bonchev–Trinajstić information content (AvgIpc) is 2.83. The van der Waals surface area contributed by atoms with Crippen LogP contribution in [-0.4, -0.2) is 74.2 Å². The Morgan fingerprint density at radius 3 is 2.28 bits per heavy atom. The maximum absolute atomic E-state index is 12.9. The summed E-state index contributed by atoms with van der Waals surface area (Å²) in [4.78, 5) is 29.7. The van der Waals surface area contributed by atoms with Crippen LogP contribution in [0.5, 0.6) is 0 Å². The van der Waals surface area contributed by atoms with E-state index in [0.717, 1.165) is 50.4 Å². The van der Waals surface area contributed by atoms with Gasteiger partial charge >= 0.3 is 6.03 Å². The summed E-state index contributed by atoms with van der Waals surface area (Å²) < 4.78 is 5.37. The number of rotatable bonds is 10. The maximum Gasteiger partial charge on any atom is 0.318 e. The molecule has 2 aromatic carbocycles. The maximum atomic E-state index is 12.9. The lowest BCUT2D eigenvalue weighted by Crippen LogP contribution is -2.51. The quantitative estimate of drug-likeness (QED) is 0.558. The standard InChI is InChI=1S/C25H34N4O3/c1-28(20-22-11-6-3-7-12-22)25(31)27-23(19-21-9-4-2-5-10-21)24(30)26-13-8-14-29-15-17-32-18-16-29/h2-7,9-12,23H,8,13-20H2,1H3,(H,26,30)(H,27,31)/t23-/m1/s1. The van der Waals surface area contributed by atoms with Crippen molar-refractivity contribution in [3.63, 3.8) is 0 Å². The van der Waals surface area contributed by atoms with Crippen LogP contribution >= 0.6 is 0 Å². The lowest BCUT2D eigenvalue weighted by atomic mass is 10.1. The number of hydrogen-bond acceptors (Lipinski definition) is 4. The van der Waals surface area contributed by atoms with Gasteiger partial charge in [0, 0.05) is 39.6 Å². The summed E-state index contributed by atoms with van der Waals surface area (Å²) >= 11 is 0. The summed E-state index contributed by atoms with van der Waals surface area (Å²) in [6.07, 6.45) is 1.31. The molecule has 0 radical (unpaired) electrons. The van der Waals surface area contributed by atoms with Gasteiger partial charge in [0.25, 0.3) is 0 Å². The second-order valence-corrected chi connectivity index (χ2v) is 8.13. The second kappa shape index (κ2) is 12.8. The van der Waals surface area contributed by atoms with Crippen LogP contribution < -0.4 is 10.6 Å². The van der Waals surface area contributed by atoms with Gasteiger partial charge in [-0.15, -0.1) is 0 Å². The Kier molecular flexibility index (Phi) is 9.53. The normalized spacial score (nSPS) is 15.0. The topological polar surface area (TPSA) is 73.9 Å². The molecule has 32 heavy (non-hydrogen) atoms. The molecule has 0 spiro atoms. The summed E-state index contributed by atoms with van der Waals surface area (Å²) in [5.74, 6) is -0.155. The molecule has 1 aliphatic rings. The molecular formula is C25H34N4O3. The molecule has 1 aliphatic heterocycles. The number of carbonyl (C=O) groups is 2. The van der Waals surface area contributed by atoms with Crippen molar-refractivity contribution in [2.24, 2.45) is 0 Å². The third-order valence-electron chi connectivity index (χ3n) is 5.56. The summed E-state index contributed by atoms with van der Waals surface area (Å²) in [6, 6.07) is 18.7. The zero-order chi connectivity index (χ0) is 22.6. The minimum absolute atomic E-state index is 0.155. The summed E-state index contributed by atoms with van der Waals surface area (Å²) in [5, 5.41) is 5.93. The molecule has 3 amide bonds. The molecule has 7 heteroatoms. The monoisotopic (exact) mass is 438 g/mol. The first-order chi connectivity index (χ1) is 15.6. The van der Waals surface area contributed by atoms with Gasteiger partial charge in [-0.05, 0) is 24.1 Å². The highest BCUT2D eigenvalue weighted by Gasteiger charge is 2.23. The van der Waals surface area contributed by atoms with Crippen molar-refractivity contribution in [2.75, 3.05) is 46.4 Å². The van der Waals surface area contributed by atoms with Crippen molar-refractivity contribution >= 4 is 11.9 Å². The van der Waals surface area contributed by atoms with Crippen LogP contribution in [0.4, 0.5) is 4.79 Å². The summed E-state index contributed by atoms with van der Waals surface area (Å²) in [7, 11) is 1.74. The van der Waals surface area contributed by atoms with Gasteiger partial charge < -0.3 is 20.3 Å². The SMILES string of the molecule is CN(Cc1ccccc1)C(=O)N[C@H](Cc1ccccc1)C(=O)NCCCN1CCOCC1. The van der Waals surface area contributed by atoms with Crippen molar-refractivity contribution < 1.29 is 14.3 Å². The number of nitrogens with one attached hydrogen (secondary N) is 2. The van der Waals surface area contributed by atoms with Gasteiger partial charge in [-0.2, -0.15) is 0 Å². The van der Waals surface area contributed by atoms with E-state index >= 15 is 0 Å². The van der Waals surface area contributed by atoms with E-state index in [9.17, 15) is 9.59 Å².